The van der Waals surface area contributed by atoms with E-state index >= 15 is 0 Å². The highest BCUT2D eigenvalue weighted by molar-refractivity contribution is 7.26. The average molecular weight is 730 g/mol. The van der Waals surface area contributed by atoms with Gasteiger partial charge in [0.05, 0.1) is 0 Å². The summed E-state index contributed by atoms with van der Waals surface area (Å²) < 4.78 is 5.28. The highest BCUT2D eigenvalue weighted by Crippen LogP contribution is 2.71. The molecule has 1 spiro atoms. The van der Waals surface area contributed by atoms with E-state index in [1.165, 1.54) is 94.7 Å². The normalized spacial score (nSPS) is 23.6. The fourth-order valence-corrected chi connectivity index (χ4v) is 14.3. The Balaban J connectivity index is 1.10. The monoisotopic (exact) mass is 729 g/mol. The minimum atomic E-state index is -0.0445. The lowest BCUT2D eigenvalue weighted by atomic mass is 9.43. The van der Waals surface area contributed by atoms with Gasteiger partial charge in [0.15, 0.2) is 17.5 Å². The smallest absolute Gasteiger partial charge is 0.165 e. The molecule has 54 heavy (non-hydrogen) atoms. The van der Waals surface area contributed by atoms with E-state index in [2.05, 4.69) is 127 Å². The van der Waals surface area contributed by atoms with Crippen LogP contribution in [0.2, 0.25) is 0 Å². The van der Waals surface area contributed by atoms with Crippen molar-refractivity contribution in [2.24, 2.45) is 23.7 Å². The highest BCUT2D eigenvalue weighted by Gasteiger charge is 2.62. The molecule has 3 heterocycles. The van der Waals surface area contributed by atoms with Crippen LogP contribution < -0.4 is 0 Å². The first kappa shape index (κ1) is 30.1. The summed E-state index contributed by atoms with van der Waals surface area (Å²) in [5, 5.41) is 5.35. The van der Waals surface area contributed by atoms with Gasteiger partial charge in [-0.3, -0.25) is 0 Å². The molecule has 6 aromatic carbocycles. The molecule has 258 valence electrons. The van der Waals surface area contributed by atoms with Crippen molar-refractivity contribution in [3.05, 3.63) is 139 Å². The van der Waals surface area contributed by atoms with Gasteiger partial charge in [0.1, 0.15) is 0 Å². The maximum Gasteiger partial charge on any atom is 0.165 e. The predicted molar refractivity (Wildman–Crippen MR) is 225 cm³/mol. The quantitative estimate of drug-likeness (QED) is 0.182. The van der Waals surface area contributed by atoms with Crippen molar-refractivity contribution in [2.75, 3.05) is 0 Å². The minimum Gasteiger partial charge on any atom is -0.208 e. The summed E-state index contributed by atoms with van der Waals surface area (Å²) >= 11 is 3.77. The second kappa shape index (κ2) is 10.9. The zero-order valence-corrected chi connectivity index (χ0v) is 31.3. The minimum absolute atomic E-state index is 0.0445. The molecule has 0 atom stereocenters. The molecule has 9 aromatic rings. The van der Waals surface area contributed by atoms with Crippen molar-refractivity contribution < 1.29 is 0 Å². The van der Waals surface area contributed by atoms with E-state index in [1.807, 2.05) is 22.7 Å². The Morgan fingerprint density at radius 2 is 1.04 bits per heavy atom. The molecule has 14 rings (SSSR count). The average Bonchev–Trinajstić information content (AvgIpc) is 3.87. The first-order chi connectivity index (χ1) is 26.7. The standard InChI is InChI=1S/C49H35N3S2/c1-2-10-29(11-3-1)46-50-47(52-48(51-46)37-17-9-15-35-32-12-4-7-19-42(32)54-45(35)37)36-16-8-14-34-38-26-43-39(33-13-5-6-18-41(33)53-43)25-40(38)49(44(34)36)30-21-27-20-28(23-30)24-31(49)22-27/h1-19,25-28,30-31H,20-24H2. The number of hydrogen-bond donors (Lipinski definition) is 0. The van der Waals surface area contributed by atoms with Gasteiger partial charge in [-0.2, -0.15) is 0 Å². The number of nitrogens with zero attached hydrogens (tertiary/aromatic N) is 3. The lowest BCUT2D eigenvalue weighted by molar-refractivity contribution is -0.0396. The molecule has 3 aromatic heterocycles. The van der Waals surface area contributed by atoms with Gasteiger partial charge in [-0.05, 0) is 108 Å². The Morgan fingerprint density at radius 1 is 0.444 bits per heavy atom. The third kappa shape index (κ3) is 3.99. The molecule has 4 saturated carbocycles. The van der Waals surface area contributed by atoms with Crippen molar-refractivity contribution in [1.82, 2.24) is 15.0 Å². The molecule has 5 aliphatic carbocycles. The Bertz CT molecular complexity index is 3000. The van der Waals surface area contributed by atoms with E-state index in [9.17, 15) is 0 Å². The number of hydrogen-bond acceptors (Lipinski definition) is 5. The van der Waals surface area contributed by atoms with Crippen LogP contribution in [-0.2, 0) is 5.41 Å². The van der Waals surface area contributed by atoms with Crippen LogP contribution in [0, 0.1) is 23.7 Å². The Labute approximate surface area is 321 Å². The second-order valence-electron chi connectivity index (χ2n) is 16.3. The fraction of sp³-hybridized carbons (Fsp3) is 0.204. The molecule has 0 N–H and O–H groups in total. The van der Waals surface area contributed by atoms with Gasteiger partial charge >= 0.3 is 0 Å². The largest absolute Gasteiger partial charge is 0.208 e. The highest BCUT2D eigenvalue weighted by atomic mass is 32.1. The summed E-state index contributed by atoms with van der Waals surface area (Å²) in [5.41, 5.74) is 9.12. The SMILES string of the molecule is c1ccc(-c2nc(-c3cccc4c3C3(c5cc6c(cc5-4)sc4ccccc46)C4CC5CC(C4)CC3C5)nc(-c3cccc4c3sc3ccccc34)n2)cc1. The summed E-state index contributed by atoms with van der Waals surface area (Å²) in [5.74, 6) is 5.24. The third-order valence-electron chi connectivity index (χ3n) is 13.7. The number of aromatic nitrogens is 3. The van der Waals surface area contributed by atoms with Crippen molar-refractivity contribution in [3.8, 4) is 45.3 Å². The number of fused-ring (bicyclic) bond motifs is 9. The van der Waals surface area contributed by atoms with E-state index in [0.717, 1.165) is 40.4 Å². The lowest BCUT2D eigenvalue weighted by Gasteiger charge is -2.61. The topological polar surface area (TPSA) is 38.7 Å². The maximum atomic E-state index is 5.53. The predicted octanol–water partition coefficient (Wildman–Crippen LogP) is 13.3. The molecule has 5 aliphatic rings. The summed E-state index contributed by atoms with van der Waals surface area (Å²) in [6, 6.07) is 47.0. The Kier molecular flexibility index (Phi) is 6.10. The van der Waals surface area contributed by atoms with Crippen molar-refractivity contribution in [2.45, 2.75) is 37.5 Å². The van der Waals surface area contributed by atoms with Gasteiger partial charge in [0.25, 0.3) is 0 Å². The summed E-state index contributed by atoms with van der Waals surface area (Å²) in [4.78, 5) is 16.2. The Morgan fingerprint density at radius 3 is 1.81 bits per heavy atom. The summed E-state index contributed by atoms with van der Waals surface area (Å²) in [6.45, 7) is 0. The molecule has 0 amide bonds. The Hall–Kier alpha value is -5.23. The molecule has 4 fully saturated rings. The summed E-state index contributed by atoms with van der Waals surface area (Å²) in [7, 11) is 0. The van der Waals surface area contributed by atoms with Crippen LogP contribution in [0.5, 0.6) is 0 Å². The van der Waals surface area contributed by atoms with E-state index < -0.39 is 0 Å². The first-order valence-electron chi connectivity index (χ1n) is 19.5. The van der Waals surface area contributed by atoms with Gasteiger partial charge in [0.2, 0.25) is 0 Å². The van der Waals surface area contributed by atoms with Crippen LogP contribution >= 0.6 is 22.7 Å². The number of thiophene rings is 2. The third-order valence-corrected chi connectivity index (χ3v) is 16.1. The molecule has 0 unspecified atom stereocenters. The van der Waals surface area contributed by atoms with Crippen LogP contribution in [0.4, 0.5) is 0 Å². The van der Waals surface area contributed by atoms with E-state index in [1.54, 1.807) is 5.56 Å². The van der Waals surface area contributed by atoms with Gasteiger partial charge in [-0.1, -0.05) is 97.1 Å². The zero-order chi connectivity index (χ0) is 35.1. The van der Waals surface area contributed by atoms with E-state index in [-0.39, 0.29) is 5.41 Å². The van der Waals surface area contributed by atoms with Crippen LogP contribution in [0.15, 0.2) is 127 Å². The van der Waals surface area contributed by atoms with Crippen molar-refractivity contribution in [1.29, 1.82) is 0 Å². The van der Waals surface area contributed by atoms with Gasteiger partial charge in [-0.15, -0.1) is 22.7 Å². The molecule has 0 radical (unpaired) electrons. The van der Waals surface area contributed by atoms with Gasteiger partial charge in [0, 0.05) is 62.4 Å². The van der Waals surface area contributed by atoms with E-state index in [0.29, 0.717) is 11.8 Å². The number of rotatable bonds is 3. The molecule has 3 nitrogen and oxygen atoms in total. The van der Waals surface area contributed by atoms with Gasteiger partial charge in [-0.25, -0.2) is 15.0 Å². The molecule has 5 heteroatoms. The van der Waals surface area contributed by atoms with Crippen LogP contribution in [-0.4, -0.2) is 15.0 Å². The molecule has 0 saturated heterocycles. The maximum absolute atomic E-state index is 5.53. The lowest BCUT2D eigenvalue weighted by Crippen LogP contribution is -2.55. The van der Waals surface area contributed by atoms with Crippen LogP contribution in [0.25, 0.3) is 85.6 Å². The van der Waals surface area contributed by atoms with Crippen LogP contribution in [0.1, 0.15) is 43.2 Å². The molecule has 0 aliphatic heterocycles. The van der Waals surface area contributed by atoms with Gasteiger partial charge < -0.3 is 0 Å². The summed E-state index contributed by atoms with van der Waals surface area (Å²) in [6.07, 6.45) is 6.74. The fourth-order valence-electron chi connectivity index (χ4n) is 11.9. The molecular weight excluding hydrogens is 695 g/mol. The second-order valence-corrected chi connectivity index (χ2v) is 18.5. The first-order valence-corrected chi connectivity index (χ1v) is 21.2. The van der Waals surface area contributed by atoms with E-state index in [4.69, 9.17) is 15.0 Å². The van der Waals surface area contributed by atoms with Crippen LogP contribution in [0.3, 0.4) is 0 Å². The molecule has 4 bridgehead atoms. The molecular formula is C49H35N3S2. The van der Waals surface area contributed by atoms with Crippen molar-refractivity contribution in [3.63, 3.8) is 0 Å². The number of benzene rings is 6. The zero-order valence-electron chi connectivity index (χ0n) is 29.6. The van der Waals surface area contributed by atoms with Crippen molar-refractivity contribution >= 4 is 63.0 Å².